The molecule has 0 fully saturated rings. The molecule has 0 aliphatic carbocycles. The SMILES string of the molecule is COc1ccccc1OCc1ccc(-c2nc3c4c(C)c(C)sc4ncn3n2)cc1. The van der Waals surface area contributed by atoms with Crippen LogP contribution in [0.15, 0.2) is 54.9 Å². The molecule has 0 amide bonds. The lowest BCUT2D eigenvalue weighted by Crippen LogP contribution is -1.97. The summed E-state index contributed by atoms with van der Waals surface area (Å²) in [5.74, 6) is 2.13. The van der Waals surface area contributed by atoms with Gasteiger partial charge in [-0.3, -0.25) is 0 Å². The van der Waals surface area contributed by atoms with Crippen molar-refractivity contribution < 1.29 is 9.47 Å². The van der Waals surface area contributed by atoms with E-state index in [2.05, 4.69) is 23.9 Å². The standard InChI is InChI=1S/C23H20N4O2S/c1-14-15(2)30-23-20(14)22-25-21(26-27(22)13-24-23)17-10-8-16(9-11-17)12-29-19-7-5-4-6-18(19)28-3/h4-11,13H,12H2,1-3H3. The van der Waals surface area contributed by atoms with Crippen LogP contribution >= 0.6 is 11.3 Å². The van der Waals surface area contributed by atoms with Gasteiger partial charge in [0.2, 0.25) is 0 Å². The normalized spacial score (nSPS) is 11.3. The summed E-state index contributed by atoms with van der Waals surface area (Å²) in [7, 11) is 1.64. The third-order valence-corrected chi connectivity index (χ3v) is 6.30. The highest BCUT2D eigenvalue weighted by Gasteiger charge is 2.15. The third-order valence-electron chi connectivity index (χ3n) is 5.18. The second-order valence-corrected chi connectivity index (χ2v) is 8.25. The second kappa shape index (κ2) is 7.42. The Morgan fingerprint density at radius 2 is 1.77 bits per heavy atom. The highest BCUT2D eigenvalue weighted by molar-refractivity contribution is 7.18. The van der Waals surface area contributed by atoms with Crippen LogP contribution in [0.5, 0.6) is 11.5 Å². The number of fused-ring (bicyclic) bond motifs is 3. The second-order valence-electron chi connectivity index (χ2n) is 7.05. The molecule has 0 radical (unpaired) electrons. The van der Waals surface area contributed by atoms with Gasteiger partial charge in [0.25, 0.3) is 0 Å². The molecule has 5 rings (SSSR count). The number of hydrogen-bond donors (Lipinski definition) is 0. The minimum Gasteiger partial charge on any atom is -0.493 e. The Bertz CT molecular complexity index is 1360. The number of nitrogens with zero attached hydrogens (tertiary/aromatic N) is 4. The summed E-state index contributed by atoms with van der Waals surface area (Å²) in [6.07, 6.45) is 1.74. The van der Waals surface area contributed by atoms with Crippen molar-refractivity contribution in [1.29, 1.82) is 0 Å². The van der Waals surface area contributed by atoms with Gasteiger partial charge in [-0.2, -0.15) is 0 Å². The smallest absolute Gasteiger partial charge is 0.182 e. The zero-order chi connectivity index (χ0) is 20.7. The molecule has 0 aliphatic rings. The minimum atomic E-state index is 0.456. The van der Waals surface area contributed by atoms with Gasteiger partial charge in [-0.25, -0.2) is 14.5 Å². The van der Waals surface area contributed by atoms with Gasteiger partial charge in [0.15, 0.2) is 23.0 Å². The lowest BCUT2D eigenvalue weighted by molar-refractivity contribution is 0.284. The lowest BCUT2D eigenvalue weighted by atomic mass is 10.1. The largest absolute Gasteiger partial charge is 0.493 e. The van der Waals surface area contributed by atoms with Crippen molar-refractivity contribution in [3.8, 4) is 22.9 Å². The van der Waals surface area contributed by atoms with Crippen LogP contribution in [0.3, 0.4) is 0 Å². The highest BCUT2D eigenvalue weighted by atomic mass is 32.1. The first-order valence-electron chi connectivity index (χ1n) is 9.60. The van der Waals surface area contributed by atoms with Crippen LogP contribution < -0.4 is 9.47 Å². The zero-order valence-corrected chi connectivity index (χ0v) is 17.7. The maximum atomic E-state index is 5.90. The number of rotatable bonds is 5. The van der Waals surface area contributed by atoms with Gasteiger partial charge >= 0.3 is 0 Å². The van der Waals surface area contributed by atoms with Crippen molar-refractivity contribution in [3.05, 3.63) is 70.9 Å². The molecule has 5 aromatic rings. The summed E-state index contributed by atoms with van der Waals surface area (Å²) >= 11 is 1.69. The van der Waals surface area contributed by atoms with Gasteiger partial charge < -0.3 is 9.47 Å². The maximum absolute atomic E-state index is 5.90. The average molecular weight is 417 g/mol. The molecular formula is C23H20N4O2S. The topological polar surface area (TPSA) is 61.5 Å². The quantitative estimate of drug-likeness (QED) is 0.394. The third kappa shape index (κ3) is 3.17. The summed E-state index contributed by atoms with van der Waals surface area (Å²) in [4.78, 5) is 11.6. The number of aryl methyl sites for hydroxylation is 2. The Balaban J connectivity index is 1.41. The minimum absolute atomic E-state index is 0.456. The number of aromatic nitrogens is 4. The number of hydrogen-bond acceptors (Lipinski definition) is 6. The van der Waals surface area contributed by atoms with Crippen LogP contribution in [-0.4, -0.2) is 26.7 Å². The molecule has 0 saturated carbocycles. The highest BCUT2D eigenvalue weighted by Crippen LogP contribution is 2.32. The van der Waals surface area contributed by atoms with Crippen molar-refractivity contribution >= 4 is 27.2 Å². The molecule has 0 N–H and O–H groups in total. The van der Waals surface area contributed by atoms with Crippen molar-refractivity contribution in [2.45, 2.75) is 20.5 Å². The predicted molar refractivity (Wildman–Crippen MR) is 118 cm³/mol. The number of thiophene rings is 1. The summed E-state index contributed by atoms with van der Waals surface area (Å²) in [6.45, 7) is 4.68. The fourth-order valence-electron chi connectivity index (χ4n) is 3.42. The molecule has 3 heterocycles. The van der Waals surface area contributed by atoms with Crippen molar-refractivity contribution in [2.24, 2.45) is 0 Å². The first kappa shape index (κ1) is 18.6. The molecule has 0 unspecified atom stereocenters. The molecule has 0 aliphatic heterocycles. The van der Waals surface area contributed by atoms with E-state index >= 15 is 0 Å². The van der Waals surface area contributed by atoms with Gasteiger partial charge in [-0.05, 0) is 37.1 Å². The van der Waals surface area contributed by atoms with Gasteiger partial charge in [0.1, 0.15) is 17.8 Å². The summed E-state index contributed by atoms with van der Waals surface area (Å²) < 4.78 is 13.0. The number of ether oxygens (including phenoxy) is 2. The fraction of sp³-hybridized carbons (Fsp3) is 0.174. The summed E-state index contributed by atoms with van der Waals surface area (Å²) in [5.41, 5.74) is 4.08. The monoisotopic (exact) mass is 416 g/mol. The van der Waals surface area contributed by atoms with Gasteiger partial charge in [-0.1, -0.05) is 36.4 Å². The Kier molecular flexibility index (Phi) is 4.59. The zero-order valence-electron chi connectivity index (χ0n) is 16.9. The van der Waals surface area contributed by atoms with Crippen LogP contribution in [0, 0.1) is 13.8 Å². The van der Waals surface area contributed by atoms with Gasteiger partial charge in [0, 0.05) is 10.4 Å². The molecule has 0 bridgehead atoms. The Morgan fingerprint density at radius 3 is 2.53 bits per heavy atom. The first-order chi connectivity index (χ1) is 14.6. The first-order valence-corrected chi connectivity index (χ1v) is 10.4. The Morgan fingerprint density at radius 1 is 1.00 bits per heavy atom. The molecule has 150 valence electrons. The van der Waals surface area contributed by atoms with E-state index in [-0.39, 0.29) is 0 Å². The van der Waals surface area contributed by atoms with Crippen LogP contribution in [0.2, 0.25) is 0 Å². The van der Waals surface area contributed by atoms with E-state index in [4.69, 9.17) is 14.5 Å². The van der Waals surface area contributed by atoms with Gasteiger partial charge in [-0.15, -0.1) is 16.4 Å². The van der Waals surface area contributed by atoms with Crippen LogP contribution in [-0.2, 0) is 6.61 Å². The maximum Gasteiger partial charge on any atom is 0.182 e. The van der Waals surface area contributed by atoms with E-state index in [1.54, 1.807) is 29.3 Å². The molecule has 0 spiro atoms. The molecule has 30 heavy (non-hydrogen) atoms. The molecule has 7 heteroatoms. The van der Waals surface area contributed by atoms with Crippen molar-refractivity contribution in [2.75, 3.05) is 7.11 Å². The summed E-state index contributed by atoms with van der Waals surface area (Å²) in [5, 5.41) is 5.71. The molecule has 2 aromatic carbocycles. The van der Waals surface area contributed by atoms with Crippen LogP contribution in [0.25, 0.3) is 27.3 Å². The molecule has 0 saturated heterocycles. The lowest BCUT2D eigenvalue weighted by Gasteiger charge is -2.10. The number of methoxy groups -OCH3 is 1. The Labute approximate surface area is 177 Å². The van der Waals surface area contributed by atoms with Crippen molar-refractivity contribution in [1.82, 2.24) is 19.6 Å². The van der Waals surface area contributed by atoms with E-state index in [0.29, 0.717) is 12.4 Å². The molecule has 3 aromatic heterocycles. The fourth-order valence-corrected chi connectivity index (χ4v) is 4.41. The predicted octanol–water partition coefficient (Wildman–Crippen LogP) is 5.21. The van der Waals surface area contributed by atoms with E-state index in [0.717, 1.165) is 38.5 Å². The van der Waals surface area contributed by atoms with Crippen molar-refractivity contribution in [3.63, 3.8) is 0 Å². The van der Waals surface area contributed by atoms with Crippen LogP contribution in [0.4, 0.5) is 0 Å². The number of para-hydroxylation sites is 2. The van der Waals surface area contributed by atoms with E-state index in [1.807, 2.05) is 48.5 Å². The van der Waals surface area contributed by atoms with E-state index < -0.39 is 0 Å². The number of benzene rings is 2. The van der Waals surface area contributed by atoms with E-state index in [1.165, 1.54) is 10.4 Å². The summed E-state index contributed by atoms with van der Waals surface area (Å²) in [6, 6.07) is 15.7. The average Bonchev–Trinajstić information content (AvgIpc) is 3.33. The van der Waals surface area contributed by atoms with E-state index in [9.17, 15) is 0 Å². The molecule has 0 atom stereocenters. The van der Waals surface area contributed by atoms with Gasteiger partial charge in [0.05, 0.1) is 12.5 Å². The molecular weight excluding hydrogens is 396 g/mol. The van der Waals surface area contributed by atoms with Crippen LogP contribution in [0.1, 0.15) is 16.0 Å². The Hall–Kier alpha value is -3.45. The molecule has 6 nitrogen and oxygen atoms in total.